The summed E-state index contributed by atoms with van der Waals surface area (Å²) in [5.41, 5.74) is 3.82. The molecular weight excluding hydrogens is 412 g/mol. The Morgan fingerprint density at radius 3 is 2.63 bits per heavy atom. The molecule has 0 unspecified atom stereocenters. The summed E-state index contributed by atoms with van der Waals surface area (Å²) < 4.78 is 11.6. The maximum absolute atomic E-state index is 12.7. The van der Waals surface area contributed by atoms with Crippen molar-refractivity contribution >= 4 is 39.5 Å². The van der Waals surface area contributed by atoms with Gasteiger partial charge in [0.15, 0.2) is 11.5 Å². The molecule has 6 nitrogen and oxygen atoms in total. The first-order chi connectivity index (χ1) is 13.0. The first-order valence-corrected chi connectivity index (χ1v) is 8.88. The molecule has 1 N–H and O–H groups in total. The molecule has 27 heavy (non-hydrogen) atoms. The number of hydrogen-bond donors (Lipinski definition) is 1. The molecule has 1 heterocycles. The van der Waals surface area contributed by atoms with Crippen LogP contribution in [-0.4, -0.2) is 25.5 Å². The van der Waals surface area contributed by atoms with Gasteiger partial charge in [-0.25, -0.2) is 5.01 Å². The molecule has 2 aromatic rings. The number of carbonyl (C=O) groups excluding carboxylic acids is 2. The van der Waals surface area contributed by atoms with Crippen molar-refractivity contribution in [2.45, 2.75) is 0 Å². The molecule has 138 valence electrons. The summed E-state index contributed by atoms with van der Waals surface area (Å²) in [5, 5.41) is 1.22. The Kier molecular flexibility index (Phi) is 5.61. The molecular formula is C20H17BrN2O4. The Bertz CT molecular complexity index is 925. The van der Waals surface area contributed by atoms with E-state index in [1.54, 1.807) is 42.5 Å². The molecule has 1 fully saturated rings. The molecule has 2 amide bonds. The van der Waals surface area contributed by atoms with Crippen LogP contribution in [0.1, 0.15) is 5.56 Å². The standard InChI is InChI=1S/C20H17BrN2O4/c1-3-9-27-18-16(21)11-13(12-17(18)26-2)10-15-19(24)22-23(20(15)25)14-7-5-4-6-8-14/h3-8,10-12H,1,9H2,2H3,(H,22,24). The molecule has 0 aromatic heterocycles. The van der Waals surface area contributed by atoms with Crippen molar-refractivity contribution in [2.75, 3.05) is 18.7 Å². The number of hydrazine groups is 1. The number of methoxy groups -OCH3 is 1. The average molecular weight is 429 g/mol. The lowest BCUT2D eigenvalue weighted by Crippen LogP contribution is -2.35. The van der Waals surface area contributed by atoms with Crippen LogP contribution >= 0.6 is 15.9 Å². The first kappa shape index (κ1) is 18.7. The van der Waals surface area contributed by atoms with Gasteiger partial charge in [-0.05, 0) is 51.8 Å². The van der Waals surface area contributed by atoms with E-state index in [2.05, 4.69) is 27.9 Å². The highest BCUT2D eigenvalue weighted by molar-refractivity contribution is 9.10. The number of nitrogens with zero attached hydrogens (tertiary/aromatic N) is 1. The zero-order valence-electron chi connectivity index (χ0n) is 14.6. The maximum atomic E-state index is 12.7. The molecule has 1 aliphatic rings. The van der Waals surface area contributed by atoms with Crippen molar-refractivity contribution < 1.29 is 19.1 Å². The molecule has 0 spiro atoms. The lowest BCUT2D eigenvalue weighted by molar-refractivity contribution is -0.117. The van der Waals surface area contributed by atoms with Crippen LogP contribution in [0.3, 0.4) is 0 Å². The monoisotopic (exact) mass is 428 g/mol. The number of amides is 2. The molecule has 0 bridgehead atoms. The van der Waals surface area contributed by atoms with E-state index in [0.717, 1.165) is 0 Å². The van der Waals surface area contributed by atoms with Crippen molar-refractivity contribution in [3.05, 3.63) is 70.7 Å². The number of para-hydroxylation sites is 1. The van der Waals surface area contributed by atoms with Gasteiger partial charge in [0.2, 0.25) is 0 Å². The molecule has 1 saturated heterocycles. The number of carbonyl (C=O) groups is 2. The molecule has 1 aliphatic heterocycles. The third kappa shape index (κ3) is 3.88. The Hall–Kier alpha value is -3.06. The third-order valence-corrected chi connectivity index (χ3v) is 4.40. The van der Waals surface area contributed by atoms with Crippen molar-refractivity contribution in [3.63, 3.8) is 0 Å². The predicted octanol–water partition coefficient (Wildman–Crippen LogP) is 3.48. The molecule has 7 heteroatoms. The van der Waals surface area contributed by atoms with E-state index in [0.29, 0.717) is 33.8 Å². The second-order valence-corrected chi connectivity index (χ2v) is 6.46. The highest BCUT2D eigenvalue weighted by Gasteiger charge is 2.34. The van der Waals surface area contributed by atoms with Crippen LogP contribution in [-0.2, 0) is 9.59 Å². The van der Waals surface area contributed by atoms with E-state index in [-0.39, 0.29) is 5.57 Å². The number of hydrogen-bond acceptors (Lipinski definition) is 4. The van der Waals surface area contributed by atoms with Crippen LogP contribution < -0.4 is 19.9 Å². The van der Waals surface area contributed by atoms with Gasteiger partial charge in [0.05, 0.1) is 17.3 Å². The molecule has 2 aromatic carbocycles. The predicted molar refractivity (Wildman–Crippen MR) is 106 cm³/mol. The summed E-state index contributed by atoms with van der Waals surface area (Å²) in [6.45, 7) is 3.94. The smallest absolute Gasteiger partial charge is 0.282 e. The minimum absolute atomic E-state index is 0.0348. The number of nitrogens with one attached hydrogen (secondary N) is 1. The minimum atomic E-state index is -0.467. The lowest BCUT2D eigenvalue weighted by atomic mass is 10.1. The first-order valence-electron chi connectivity index (χ1n) is 8.08. The van der Waals surface area contributed by atoms with Crippen molar-refractivity contribution in [3.8, 4) is 11.5 Å². The van der Waals surface area contributed by atoms with E-state index in [9.17, 15) is 9.59 Å². The van der Waals surface area contributed by atoms with Crippen LogP contribution in [0, 0.1) is 0 Å². The molecule has 0 aliphatic carbocycles. The Balaban J connectivity index is 1.94. The fraction of sp³-hybridized carbons (Fsp3) is 0.100. The van der Waals surface area contributed by atoms with Crippen LogP contribution in [0.2, 0.25) is 0 Å². The Labute approximate surface area is 165 Å². The number of halogens is 1. The highest BCUT2D eigenvalue weighted by Crippen LogP contribution is 2.37. The number of benzene rings is 2. The van der Waals surface area contributed by atoms with E-state index < -0.39 is 11.8 Å². The van der Waals surface area contributed by atoms with Crippen molar-refractivity contribution in [1.29, 1.82) is 0 Å². The zero-order valence-corrected chi connectivity index (χ0v) is 16.2. The molecule has 0 radical (unpaired) electrons. The highest BCUT2D eigenvalue weighted by atomic mass is 79.9. The van der Waals surface area contributed by atoms with Crippen LogP contribution in [0.15, 0.2) is 65.2 Å². The summed E-state index contributed by atoms with van der Waals surface area (Å²) in [6.07, 6.45) is 3.15. The van der Waals surface area contributed by atoms with Gasteiger partial charge in [0.1, 0.15) is 12.2 Å². The topological polar surface area (TPSA) is 67.9 Å². The zero-order chi connectivity index (χ0) is 19.4. The summed E-state index contributed by atoms with van der Waals surface area (Å²) in [5.74, 6) is 0.107. The van der Waals surface area contributed by atoms with E-state index in [1.165, 1.54) is 18.2 Å². The fourth-order valence-electron chi connectivity index (χ4n) is 2.59. The summed E-state index contributed by atoms with van der Waals surface area (Å²) in [4.78, 5) is 25.0. The second-order valence-electron chi connectivity index (χ2n) is 5.61. The second kappa shape index (κ2) is 8.09. The Morgan fingerprint density at radius 2 is 1.96 bits per heavy atom. The number of ether oxygens (including phenoxy) is 2. The number of rotatable bonds is 6. The summed E-state index contributed by atoms with van der Waals surface area (Å²) in [6, 6.07) is 12.4. The van der Waals surface area contributed by atoms with Gasteiger partial charge in [0.25, 0.3) is 11.8 Å². The van der Waals surface area contributed by atoms with Gasteiger partial charge in [-0.15, -0.1) is 0 Å². The van der Waals surface area contributed by atoms with Gasteiger partial charge >= 0.3 is 0 Å². The van der Waals surface area contributed by atoms with Crippen LogP contribution in [0.5, 0.6) is 11.5 Å². The minimum Gasteiger partial charge on any atom is -0.493 e. The van der Waals surface area contributed by atoms with Crippen LogP contribution in [0.25, 0.3) is 6.08 Å². The molecule has 0 saturated carbocycles. The van der Waals surface area contributed by atoms with Crippen LogP contribution in [0.4, 0.5) is 5.69 Å². The quantitative estimate of drug-likeness (QED) is 0.434. The van der Waals surface area contributed by atoms with Crippen molar-refractivity contribution in [2.24, 2.45) is 0 Å². The van der Waals surface area contributed by atoms with Gasteiger partial charge < -0.3 is 9.47 Å². The van der Waals surface area contributed by atoms with E-state index in [4.69, 9.17) is 9.47 Å². The maximum Gasteiger partial charge on any atom is 0.282 e. The number of anilines is 1. The summed E-state index contributed by atoms with van der Waals surface area (Å²) in [7, 11) is 1.52. The van der Waals surface area contributed by atoms with Crippen molar-refractivity contribution in [1.82, 2.24) is 5.43 Å². The van der Waals surface area contributed by atoms with Gasteiger partial charge in [-0.1, -0.05) is 30.9 Å². The largest absolute Gasteiger partial charge is 0.493 e. The SMILES string of the molecule is C=CCOc1c(Br)cc(C=C2C(=O)NN(c3ccccc3)C2=O)cc1OC. The van der Waals surface area contributed by atoms with E-state index >= 15 is 0 Å². The van der Waals surface area contributed by atoms with Gasteiger partial charge in [0, 0.05) is 0 Å². The molecule has 3 rings (SSSR count). The average Bonchev–Trinajstić information content (AvgIpc) is 2.95. The normalized spacial score (nSPS) is 15.0. The Morgan fingerprint density at radius 1 is 1.22 bits per heavy atom. The fourth-order valence-corrected chi connectivity index (χ4v) is 3.16. The lowest BCUT2D eigenvalue weighted by Gasteiger charge is -2.14. The molecule has 0 atom stereocenters. The third-order valence-electron chi connectivity index (χ3n) is 3.81. The van der Waals surface area contributed by atoms with Gasteiger partial charge in [-0.2, -0.15) is 0 Å². The summed E-state index contributed by atoms with van der Waals surface area (Å²) >= 11 is 3.43. The van der Waals surface area contributed by atoms with Gasteiger partial charge in [-0.3, -0.25) is 15.0 Å². The van der Waals surface area contributed by atoms with E-state index in [1.807, 2.05) is 6.07 Å².